The normalized spacial score (nSPS) is 15.1. The molecule has 0 fully saturated rings. The lowest BCUT2D eigenvalue weighted by Gasteiger charge is -2.25. The Morgan fingerprint density at radius 1 is 1.28 bits per heavy atom. The highest BCUT2D eigenvalue weighted by atomic mass is 16.6. The van der Waals surface area contributed by atoms with Gasteiger partial charge in [-0.2, -0.15) is 5.10 Å². The van der Waals surface area contributed by atoms with Crippen LogP contribution in [-0.4, -0.2) is 28.8 Å². The molecule has 1 amide bonds. The van der Waals surface area contributed by atoms with E-state index in [4.69, 9.17) is 13.9 Å². The number of carbonyl (C=O) groups excluding carboxylic acids is 1. The maximum Gasteiger partial charge on any atom is 0.349 e. The molecule has 1 atom stereocenters. The second-order valence-electron chi connectivity index (χ2n) is 6.74. The Morgan fingerprint density at radius 3 is 2.86 bits per heavy atom. The Bertz CT molecular complexity index is 1060. The Kier molecular flexibility index (Phi) is 5.33. The van der Waals surface area contributed by atoms with Crippen LogP contribution in [0.2, 0.25) is 0 Å². The van der Waals surface area contributed by atoms with Crippen molar-refractivity contribution in [1.29, 1.82) is 0 Å². The number of ether oxygens (including phenoxy) is 2. The highest BCUT2D eigenvalue weighted by Gasteiger charge is 2.26. The van der Waals surface area contributed by atoms with E-state index in [1.807, 2.05) is 30.5 Å². The summed E-state index contributed by atoms with van der Waals surface area (Å²) in [7, 11) is 0. The summed E-state index contributed by atoms with van der Waals surface area (Å²) < 4.78 is 18.7. The molecule has 1 aliphatic rings. The second-order valence-corrected chi connectivity index (χ2v) is 6.74. The largest absolute Gasteiger partial charge is 0.485 e. The van der Waals surface area contributed by atoms with Crippen LogP contribution in [0.1, 0.15) is 34.2 Å². The minimum absolute atomic E-state index is 0.00460. The van der Waals surface area contributed by atoms with Gasteiger partial charge in [-0.25, -0.2) is 4.79 Å². The van der Waals surface area contributed by atoms with Crippen LogP contribution < -0.4 is 20.4 Å². The number of nitrogens with one attached hydrogen (secondary N) is 1. The van der Waals surface area contributed by atoms with Gasteiger partial charge in [0.2, 0.25) is 0 Å². The van der Waals surface area contributed by atoms with Crippen LogP contribution in [0.4, 0.5) is 0 Å². The van der Waals surface area contributed by atoms with Crippen molar-refractivity contribution < 1.29 is 18.7 Å². The third-order valence-corrected chi connectivity index (χ3v) is 4.63. The molecule has 4 rings (SSSR count). The molecule has 1 aliphatic heterocycles. The standard InChI is InChI=1S/C21H21N3O5/c1-14-12-17(18-13-27-15-6-2-3-7-16(15)28-18)29-21(26)19(14)20(25)22-8-4-10-24-11-5-9-23-24/h2-3,5-7,9,11-12,18H,4,8,10,13H2,1H3,(H,22,25). The van der Waals surface area contributed by atoms with Gasteiger partial charge in [-0.1, -0.05) is 12.1 Å². The van der Waals surface area contributed by atoms with Gasteiger partial charge in [0.15, 0.2) is 23.4 Å². The molecule has 150 valence electrons. The average molecular weight is 395 g/mol. The average Bonchev–Trinajstić information content (AvgIpc) is 3.24. The fourth-order valence-corrected chi connectivity index (χ4v) is 3.19. The van der Waals surface area contributed by atoms with Gasteiger partial charge in [-0.3, -0.25) is 9.48 Å². The van der Waals surface area contributed by atoms with E-state index in [9.17, 15) is 9.59 Å². The number of hydrogen-bond donors (Lipinski definition) is 1. The van der Waals surface area contributed by atoms with E-state index >= 15 is 0 Å². The Balaban J connectivity index is 1.42. The smallest absolute Gasteiger partial charge is 0.349 e. The van der Waals surface area contributed by atoms with Crippen molar-refractivity contribution in [1.82, 2.24) is 15.1 Å². The minimum atomic E-state index is -0.688. The first-order valence-corrected chi connectivity index (χ1v) is 9.40. The number of para-hydroxylation sites is 2. The first-order chi connectivity index (χ1) is 14.1. The number of fused-ring (bicyclic) bond motifs is 1. The first-order valence-electron chi connectivity index (χ1n) is 9.40. The lowest BCUT2D eigenvalue weighted by atomic mass is 10.1. The second kappa shape index (κ2) is 8.22. The third-order valence-electron chi connectivity index (χ3n) is 4.63. The van der Waals surface area contributed by atoms with Crippen LogP contribution in [-0.2, 0) is 6.54 Å². The molecule has 3 heterocycles. The first kappa shape index (κ1) is 18.8. The summed E-state index contributed by atoms with van der Waals surface area (Å²) >= 11 is 0. The molecule has 3 aromatic rings. The minimum Gasteiger partial charge on any atom is -0.485 e. The molecule has 1 unspecified atom stereocenters. The van der Waals surface area contributed by atoms with Gasteiger partial charge in [0.1, 0.15) is 12.2 Å². The van der Waals surface area contributed by atoms with E-state index < -0.39 is 17.6 Å². The summed E-state index contributed by atoms with van der Waals surface area (Å²) in [5.41, 5.74) is -0.153. The van der Waals surface area contributed by atoms with Gasteiger partial charge in [0, 0.05) is 25.5 Å². The van der Waals surface area contributed by atoms with Gasteiger partial charge in [0.25, 0.3) is 5.91 Å². The molecular weight excluding hydrogens is 374 g/mol. The number of rotatable bonds is 6. The zero-order valence-corrected chi connectivity index (χ0v) is 16.0. The zero-order valence-electron chi connectivity index (χ0n) is 16.0. The van der Waals surface area contributed by atoms with E-state index in [2.05, 4.69) is 10.4 Å². The number of aryl methyl sites for hydroxylation is 2. The van der Waals surface area contributed by atoms with E-state index in [0.717, 1.165) is 0 Å². The topological polar surface area (TPSA) is 95.6 Å². The van der Waals surface area contributed by atoms with Crippen molar-refractivity contribution in [3.05, 3.63) is 76.1 Å². The van der Waals surface area contributed by atoms with E-state index in [1.165, 1.54) is 0 Å². The molecule has 8 nitrogen and oxygen atoms in total. The number of hydrogen-bond acceptors (Lipinski definition) is 6. The molecule has 0 saturated heterocycles. The SMILES string of the molecule is Cc1cc(C2COc3ccccc3O2)oc(=O)c1C(=O)NCCCn1cccn1. The van der Waals surface area contributed by atoms with Crippen molar-refractivity contribution in [2.75, 3.05) is 13.2 Å². The predicted molar refractivity (Wildman–Crippen MR) is 104 cm³/mol. The lowest BCUT2D eigenvalue weighted by Crippen LogP contribution is -2.31. The summed E-state index contributed by atoms with van der Waals surface area (Å²) in [6, 6.07) is 10.8. The Hall–Kier alpha value is -3.55. The molecule has 8 heteroatoms. The molecule has 0 bridgehead atoms. The lowest BCUT2D eigenvalue weighted by molar-refractivity contribution is 0.0721. The highest BCUT2D eigenvalue weighted by molar-refractivity contribution is 5.95. The summed E-state index contributed by atoms with van der Waals surface area (Å²) in [5.74, 6) is 1.11. The van der Waals surface area contributed by atoms with Crippen LogP contribution in [0.5, 0.6) is 11.5 Å². The summed E-state index contributed by atoms with van der Waals surface area (Å²) in [6.07, 6.45) is 3.70. The molecule has 2 aromatic heterocycles. The number of benzene rings is 1. The highest BCUT2D eigenvalue weighted by Crippen LogP contribution is 2.35. The molecule has 1 N–H and O–H groups in total. The number of aromatic nitrogens is 2. The van der Waals surface area contributed by atoms with Crippen LogP contribution in [0.15, 0.2) is 58.0 Å². The molecule has 0 radical (unpaired) electrons. The summed E-state index contributed by atoms with van der Waals surface area (Å²) in [5, 5.41) is 6.86. The third kappa shape index (κ3) is 4.16. The summed E-state index contributed by atoms with van der Waals surface area (Å²) in [4.78, 5) is 24.9. The van der Waals surface area contributed by atoms with Crippen LogP contribution in [0.3, 0.4) is 0 Å². The van der Waals surface area contributed by atoms with Crippen LogP contribution in [0, 0.1) is 6.92 Å². The van der Waals surface area contributed by atoms with Gasteiger partial charge >= 0.3 is 5.63 Å². The predicted octanol–water partition coefficient (Wildman–Crippen LogP) is 2.48. The summed E-state index contributed by atoms with van der Waals surface area (Å²) in [6.45, 7) is 3.03. The Labute approximate surface area is 167 Å². The maximum absolute atomic E-state index is 12.5. The monoisotopic (exact) mass is 395 g/mol. The van der Waals surface area contributed by atoms with E-state index in [1.54, 1.807) is 29.9 Å². The molecule has 1 aromatic carbocycles. The maximum atomic E-state index is 12.5. The van der Waals surface area contributed by atoms with Gasteiger partial charge < -0.3 is 19.2 Å². The fraction of sp³-hybridized carbons (Fsp3) is 0.286. The van der Waals surface area contributed by atoms with Crippen molar-refractivity contribution in [2.45, 2.75) is 26.0 Å². The number of nitrogens with zero attached hydrogens (tertiary/aromatic N) is 2. The zero-order chi connectivity index (χ0) is 20.2. The van der Waals surface area contributed by atoms with Crippen molar-refractivity contribution in [3.63, 3.8) is 0 Å². The van der Waals surface area contributed by atoms with Crippen molar-refractivity contribution in [3.8, 4) is 11.5 Å². The Morgan fingerprint density at radius 2 is 2.10 bits per heavy atom. The fourth-order valence-electron chi connectivity index (χ4n) is 3.19. The van der Waals surface area contributed by atoms with Crippen LogP contribution >= 0.6 is 0 Å². The number of amides is 1. The van der Waals surface area contributed by atoms with Gasteiger partial charge in [0.05, 0.1) is 0 Å². The quantitative estimate of drug-likeness (QED) is 0.644. The molecule has 0 spiro atoms. The van der Waals surface area contributed by atoms with E-state index in [0.29, 0.717) is 42.3 Å². The molecule has 0 aliphatic carbocycles. The van der Waals surface area contributed by atoms with Crippen molar-refractivity contribution in [2.24, 2.45) is 0 Å². The molecule has 0 saturated carbocycles. The molecular formula is C21H21N3O5. The number of carbonyl (C=O) groups is 1. The molecule has 29 heavy (non-hydrogen) atoms. The van der Waals surface area contributed by atoms with Gasteiger partial charge in [-0.05, 0) is 43.2 Å². The van der Waals surface area contributed by atoms with Crippen molar-refractivity contribution >= 4 is 5.91 Å². The van der Waals surface area contributed by atoms with E-state index in [-0.39, 0.29) is 12.2 Å². The van der Waals surface area contributed by atoms with Gasteiger partial charge in [-0.15, -0.1) is 0 Å². The van der Waals surface area contributed by atoms with Crippen LogP contribution in [0.25, 0.3) is 0 Å².